The molecular formula is C14H15NO3S. The summed E-state index contributed by atoms with van der Waals surface area (Å²) in [6, 6.07) is 7.46. The maximum Gasteiger partial charge on any atom is 0.356 e. The van der Waals surface area contributed by atoms with Crippen molar-refractivity contribution >= 4 is 17.3 Å². The summed E-state index contributed by atoms with van der Waals surface area (Å²) >= 11 is 1.38. The summed E-state index contributed by atoms with van der Waals surface area (Å²) in [4.78, 5) is 15.9. The standard InChI is InChI=1S/C14H15NO3S/c1-3-7-18-11-6-4-5-10(8-11)13-12(14(16)17)15-9(2)19-13/h4-6,8H,3,7H2,1-2H3,(H,16,17). The van der Waals surface area contributed by atoms with Gasteiger partial charge in [-0.25, -0.2) is 9.78 Å². The normalized spacial score (nSPS) is 10.4. The number of benzene rings is 1. The van der Waals surface area contributed by atoms with Gasteiger partial charge < -0.3 is 9.84 Å². The molecule has 0 saturated heterocycles. The van der Waals surface area contributed by atoms with Crippen LogP contribution in [-0.2, 0) is 0 Å². The molecule has 0 aliphatic carbocycles. The Morgan fingerprint density at radius 3 is 2.95 bits per heavy atom. The van der Waals surface area contributed by atoms with Gasteiger partial charge in [0.05, 0.1) is 16.5 Å². The molecule has 0 unspecified atom stereocenters. The lowest BCUT2D eigenvalue weighted by Gasteiger charge is -2.06. The van der Waals surface area contributed by atoms with Gasteiger partial charge in [-0.15, -0.1) is 11.3 Å². The van der Waals surface area contributed by atoms with Gasteiger partial charge in [-0.2, -0.15) is 0 Å². The Kier molecular flexibility index (Phi) is 4.16. The van der Waals surface area contributed by atoms with Crippen molar-refractivity contribution in [3.63, 3.8) is 0 Å². The quantitative estimate of drug-likeness (QED) is 0.907. The SMILES string of the molecule is CCCOc1cccc(-c2sc(C)nc2C(=O)O)c1. The molecule has 0 amide bonds. The number of carboxylic acid groups (broad SMARTS) is 1. The van der Waals surface area contributed by atoms with Gasteiger partial charge in [0.15, 0.2) is 5.69 Å². The summed E-state index contributed by atoms with van der Waals surface area (Å²) in [6.45, 7) is 4.49. The van der Waals surface area contributed by atoms with E-state index >= 15 is 0 Å². The van der Waals surface area contributed by atoms with Gasteiger partial charge in [-0.1, -0.05) is 19.1 Å². The molecule has 0 radical (unpaired) electrons. The van der Waals surface area contributed by atoms with E-state index in [1.165, 1.54) is 11.3 Å². The molecule has 1 aromatic carbocycles. The number of thiazole rings is 1. The molecule has 0 bridgehead atoms. The fourth-order valence-electron chi connectivity index (χ4n) is 1.71. The number of nitrogens with zero attached hydrogens (tertiary/aromatic N) is 1. The van der Waals surface area contributed by atoms with E-state index in [1.807, 2.05) is 31.2 Å². The first-order valence-electron chi connectivity index (χ1n) is 6.05. The summed E-state index contributed by atoms with van der Waals surface area (Å²) in [7, 11) is 0. The van der Waals surface area contributed by atoms with Crippen LogP contribution in [0, 0.1) is 6.92 Å². The molecular weight excluding hydrogens is 262 g/mol. The Morgan fingerprint density at radius 2 is 2.26 bits per heavy atom. The molecule has 0 atom stereocenters. The minimum Gasteiger partial charge on any atom is -0.494 e. The predicted octanol–water partition coefficient (Wildman–Crippen LogP) is 3.61. The minimum absolute atomic E-state index is 0.107. The maximum atomic E-state index is 11.2. The van der Waals surface area contributed by atoms with E-state index < -0.39 is 5.97 Å². The first-order chi connectivity index (χ1) is 9.11. The fraction of sp³-hybridized carbons (Fsp3) is 0.286. The molecule has 0 spiro atoms. The Labute approximate surface area is 115 Å². The van der Waals surface area contributed by atoms with Gasteiger partial charge in [0.2, 0.25) is 0 Å². The van der Waals surface area contributed by atoms with Crippen molar-refractivity contribution in [3.05, 3.63) is 35.0 Å². The lowest BCUT2D eigenvalue weighted by Crippen LogP contribution is -1.99. The summed E-state index contributed by atoms with van der Waals surface area (Å²) in [6.07, 6.45) is 0.935. The van der Waals surface area contributed by atoms with Crippen molar-refractivity contribution in [1.29, 1.82) is 0 Å². The highest BCUT2D eigenvalue weighted by molar-refractivity contribution is 7.15. The van der Waals surface area contributed by atoms with E-state index in [0.29, 0.717) is 11.5 Å². The second kappa shape index (κ2) is 5.84. The molecule has 0 aliphatic rings. The molecule has 4 nitrogen and oxygen atoms in total. The van der Waals surface area contributed by atoms with Gasteiger partial charge in [-0.05, 0) is 31.0 Å². The van der Waals surface area contributed by atoms with Crippen LogP contribution in [0.1, 0.15) is 28.8 Å². The molecule has 2 aromatic rings. The molecule has 100 valence electrons. The van der Waals surface area contributed by atoms with E-state index in [9.17, 15) is 4.79 Å². The third kappa shape index (κ3) is 3.12. The van der Waals surface area contributed by atoms with Crippen LogP contribution < -0.4 is 4.74 Å². The van der Waals surface area contributed by atoms with E-state index in [4.69, 9.17) is 9.84 Å². The number of rotatable bonds is 5. The van der Waals surface area contributed by atoms with Crippen molar-refractivity contribution < 1.29 is 14.6 Å². The molecule has 0 saturated carbocycles. The number of aromatic nitrogens is 1. The van der Waals surface area contributed by atoms with Crippen molar-refractivity contribution in [2.75, 3.05) is 6.61 Å². The average Bonchev–Trinajstić information content (AvgIpc) is 2.79. The van der Waals surface area contributed by atoms with E-state index in [0.717, 1.165) is 22.7 Å². The molecule has 1 N–H and O–H groups in total. The van der Waals surface area contributed by atoms with Crippen LogP contribution in [0.2, 0.25) is 0 Å². The smallest absolute Gasteiger partial charge is 0.356 e. The van der Waals surface area contributed by atoms with Crippen LogP contribution >= 0.6 is 11.3 Å². The topological polar surface area (TPSA) is 59.4 Å². The molecule has 1 heterocycles. The summed E-state index contributed by atoms with van der Waals surface area (Å²) in [5.74, 6) is -0.249. The minimum atomic E-state index is -1.00. The summed E-state index contributed by atoms with van der Waals surface area (Å²) in [5.41, 5.74) is 0.937. The Hall–Kier alpha value is -1.88. The number of aryl methyl sites for hydroxylation is 1. The van der Waals surface area contributed by atoms with Gasteiger partial charge >= 0.3 is 5.97 Å². The second-order valence-electron chi connectivity index (χ2n) is 4.09. The Bertz CT molecular complexity index is 592. The number of hydrogen-bond donors (Lipinski definition) is 1. The van der Waals surface area contributed by atoms with Crippen LogP contribution in [0.25, 0.3) is 10.4 Å². The van der Waals surface area contributed by atoms with Gasteiger partial charge in [0.1, 0.15) is 5.75 Å². The number of carbonyl (C=O) groups is 1. The van der Waals surface area contributed by atoms with E-state index in [2.05, 4.69) is 4.98 Å². The predicted molar refractivity (Wildman–Crippen MR) is 75.0 cm³/mol. The first kappa shape index (κ1) is 13.5. The lowest BCUT2D eigenvalue weighted by atomic mass is 10.1. The molecule has 1 aromatic heterocycles. The molecule has 2 rings (SSSR count). The highest BCUT2D eigenvalue weighted by atomic mass is 32.1. The highest BCUT2D eigenvalue weighted by Crippen LogP contribution is 2.32. The monoisotopic (exact) mass is 277 g/mol. The third-order valence-corrected chi connectivity index (χ3v) is 3.53. The maximum absolute atomic E-state index is 11.2. The number of carboxylic acids is 1. The fourth-order valence-corrected chi connectivity index (χ4v) is 2.62. The molecule has 19 heavy (non-hydrogen) atoms. The number of hydrogen-bond acceptors (Lipinski definition) is 4. The second-order valence-corrected chi connectivity index (χ2v) is 5.30. The highest BCUT2D eigenvalue weighted by Gasteiger charge is 2.17. The largest absolute Gasteiger partial charge is 0.494 e. The van der Waals surface area contributed by atoms with Gasteiger partial charge in [0.25, 0.3) is 0 Å². The van der Waals surface area contributed by atoms with Gasteiger partial charge in [0, 0.05) is 0 Å². The Morgan fingerprint density at radius 1 is 1.47 bits per heavy atom. The van der Waals surface area contributed by atoms with Crippen LogP contribution in [0.5, 0.6) is 5.75 Å². The molecule has 0 fully saturated rings. The number of ether oxygens (including phenoxy) is 1. The molecule has 0 aliphatic heterocycles. The zero-order valence-electron chi connectivity index (χ0n) is 10.8. The van der Waals surface area contributed by atoms with Crippen molar-refractivity contribution in [2.45, 2.75) is 20.3 Å². The molecule has 5 heteroatoms. The van der Waals surface area contributed by atoms with Crippen LogP contribution in [0.15, 0.2) is 24.3 Å². The summed E-state index contributed by atoms with van der Waals surface area (Å²) in [5, 5.41) is 9.91. The van der Waals surface area contributed by atoms with E-state index in [1.54, 1.807) is 6.92 Å². The van der Waals surface area contributed by atoms with Crippen LogP contribution in [-0.4, -0.2) is 22.7 Å². The average molecular weight is 277 g/mol. The lowest BCUT2D eigenvalue weighted by molar-refractivity contribution is 0.0692. The van der Waals surface area contributed by atoms with Crippen molar-refractivity contribution in [1.82, 2.24) is 4.98 Å². The van der Waals surface area contributed by atoms with Crippen molar-refractivity contribution in [2.24, 2.45) is 0 Å². The number of aromatic carboxylic acids is 1. The summed E-state index contributed by atoms with van der Waals surface area (Å²) < 4.78 is 5.56. The Balaban J connectivity index is 2.38. The van der Waals surface area contributed by atoms with Crippen LogP contribution in [0.4, 0.5) is 0 Å². The van der Waals surface area contributed by atoms with E-state index in [-0.39, 0.29) is 5.69 Å². The zero-order valence-corrected chi connectivity index (χ0v) is 11.7. The zero-order chi connectivity index (χ0) is 13.8. The first-order valence-corrected chi connectivity index (χ1v) is 6.87. The van der Waals surface area contributed by atoms with Crippen LogP contribution in [0.3, 0.4) is 0 Å². The third-order valence-electron chi connectivity index (χ3n) is 2.51. The van der Waals surface area contributed by atoms with Crippen molar-refractivity contribution in [3.8, 4) is 16.2 Å². The van der Waals surface area contributed by atoms with Gasteiger partial charge in [-0.3, -0.25) is 0 Å².